The van der Waals surface area contributed by atoms with E-state index in [1.54, 1.807) is 0 Å². The molecule has 0 amide bonds. The highest BCUT2D eigenvalue weighted by Gasteiger charge is 2.54. The lowest BCUT2D eigenvalue weighted by Crippen LogP contribution is -2.50. The summed E-state index contributed by atoms with van der Waals surface area (Å²) >= 11 is 0. The van der Waals surface area contributed by atoms with Crippen LogP contribution in [0.3, 0.4) is 0 Å². The van der Waals surface area contributed by atoms with Crippen LogP contribution in [0.25, 0.3) is 0 Å². The summed E-state index contributed by atoms with van der Waals surface area (Å²) in [4.78, 5) is 0. The van der Waals surface area contributed by atoms with Gasteiger partial charge in [0.25, 0.3) is 8.32 Å². The summed E-state index contributed by atoms with van der Waals surface area (Å²) in [5.41, 5.74) is 4.65. The van der Waals surface area contributed by atoms with Gasteiger partial charge in [0.05, 0.1) is 13.2 Å². The molecule has 0 bridgehead atoms. The smallest absolute Gasteiger partial charge is 0.258 e. The van der Waals surface area contributed by atoms with E-state index >= 15 is 0 Å². The molecule has 1 saturated heterocycles. The lowest BCUT2D eigenvalue weighted by Gasteiger charge is -2.48. The van der Waals surface area contributed by atoms with Crippen molar-refractivity contribution in [2.75, 3.05) is 13.2 Å². The molecular formula is C27H38O2Si. The van der Waals surface area contributed by atoms with Crippen molar-refractivity contribution in [2.45, 2.75) is 70.0 Å². The minimum atomic E-state index is -1.91. The number of hydrogen-bond acceptors (Lipinski definition) is 2. The van der Waals surface area contributed by atoms with Gasteiger partial charge in [0.15, 0.2) is 0 Å². The average molecular weight is 423 g/mol. The van der Waals surface area contributed by atoms with Gasteiger partial charge in [-0.2, -0.15) is 0 Å². The average Bonchev–Trinajstić information content (AvgIpc) is 3.10. The Morgan fingerprint density at radius 2 is 1.17 bits per heavy atom. The van der Waals surface area contributed by atoms with Gasteiger partial charge in [-0.05, 0) is 63.6 Å². The van der Waals surface area contributed by atoms with Gasteiger partial charge >= 0.3 is 0 Å². The molecule has 0 N–H and O–H groups in total. The van der Waals surface area contributed by atoms with E-state index < -0.39 is 8.32 Å². The molecule has 4 rings (SSSR count). The molecule has 2 fully saturated rings. The molecule has 1 heterocycles. The maximum Gasteiger partial charge on any atom is 0.258 e. The van der Waals surface area contributed by atoms with E-state index in [4.69, 9.17) is 9.16 Å². The van der Waals surface area contributed by atoms with Crippen molar-refractivity contribution in [2.24, 2.45) is 11.8 Å². The third-order valence-electron chi connectivity index (χ3n) is 7.93. The maximum absolute atomic E-state index is 6.89. The third kappa shape index (κ3) is 3.54. The van der Waals surface area contributed by atoms with Crippen molar-refractivity contribution in [1.29, 1.82) is 0 Å². The summed E-state index contributed by atoms with van der Waals surface area (Å²) in [6, 6.07) is 20.1. The van der Waals surface area contributed by atoms with Crippen LogP contribution in [-0.2, 0) is 4.74 Å². The number of benzene rings is 2. The van der Waals surface area contributed by atoms with E-state index in [0.717, 1.165) is 19.0 Å². The van der Waals surface area contributed by atoms with E-state index in [-0.39, 0.29) is 0 Å². The second-order valence-electron chi connectivity index (χ2n) is 10.3. The Labute approximate surface area is 184 Å². The van der Waals surface area contributed by atoms with Crippen LogP contribution in [0.15, 0.2) is 54.6 Å². The fraction of sp³-hybridized carbons (Fsp3) is 0.556. The molecule has 3 heteroatoms. The van der Waals surface area contributed by atoms with Crippen LogP contribution in [0, 0.1) is 11.8 Å². The summed E-state index contributed by atoms with van der Waals surface area (Å²) in [6.07, 6.45) is 0. The highest BCUT2D eigenvalue weighted by Crippen LogP contribution is 2.60. The number of rotatable bonds is 7. The molecule has 1 saturated carbocycles. The first-order valence-electron chi connectivity index (χ1n) is 11.8. The van der Waals surface area contributed by atoms with E-state index in [2.05, 4.69) is 96.1 Å². The van der Waals surface area contributed by atoms with Crippen LogP contribution in [0.1, 0.15) is 64.5 Å². The molecule has 2 nitrogen and oxygen atoms in total. The van der Waals surface area contributed by atoms with Crippen molar-refractivity contribution in [3.8, 4) is 5.75 Å². The van der Waals surface area contributed by atoms with Gasteiger partial charge < -0.3 is 9.16 Å². The Bertz CT molecular complexity index is 806. The molecule has 1 aliphatic heterocycles. The zero-order valence-corrected chi connectivity index (χ0v) is 20.5. The summed E-state index contributed by atoms with van der Waals surface area (Å²) in [6.45, 7) is 15.9. The molecule has 2 aliphatic rings. The summed E-state index contributed by atoms with van der Waals surface area (Å²) < 4.78 is 12.8. The van der Waals surface area contributed by atoms with Crippen molar-refractivity contribution < 1.29 is 9.16 Å². The highest BCUT2D eigenvalue weighted by atomic mass is 28.4. The van der Waals surface area contributed by atoms with Gasteiger partial charge in [0.2, 0.25) is 0 Å². The molecule has 30 heavy (non-hydrogen) atoms. The van der Waals surface area contributed by atoms with Gasteiger partial charge in [-0.1, -0.05) is 84.0 Å². The van der Waals surface area contributed by atoms with Crippen LogP contribution < -0.4 is 4.43 Å². The molecule has 2 aromatic carbocycles. The Kier molecular flexibility index (Phi) is 6.14. The SMILES string of the molecule is CC(C)[Si](Oc1ccc([C@@H]2[C@H]3COC[C@H]3[C@@H]2c2ccccc2)cc1)(C(C)C)C(C)C. The van der Waals surface area contributed by atoms with Gasteiger partial charge in [0.1, 0.15) is 5.75 Å². The zero-order chi connectivity index (χ0) is 21.5. The maximum atomic E-state index is 6.89. The van der Waals surface area contributed by atoms with Crippen molar-refractivity contribution >= 4 is 8.32 Å². The standard InChI is InChI=1S/C27H38O2Si/c1-18(2)30(19(3)4,20(5)6)29-23-14-12-22(13-15-23)27-25-17-28-16-24(25)26(27)21-10-8-7-9-11-21/h7-15,18-20,24-27H,16-17H2,1-6H3/t24-,25+,26+,27-/m1/s1. The first-order chi connectivity index (χ1) is 14.4. The minimum absolute atomic E-state index is 0.552. The largest absolute Gasteiger partial charge is 0.543 e. The fourth-order valence-electron chi connectivity index (χ4n) is 6.61. The molecule has 0 radical (unpaired) electrons. The Balaban J connectivity index is 1.59. The first kappa shape index (κ1) is 21.6. The molecular weight excluding hydrogens is 384 g/mol. The van der Waals surface area contributed by atoms with Gasteiger partial charge in [-0.15, -0.1) is 0 Å². The van der Waals surface area contributed by atoms with Gasteiger partial charge in [-0.3, -0.25) is 0 Å². The van der Waals surface area contributed by atoms with Gasteiger partial charge in [0, 0.05) is 0 Å². The van der Waals surface area contributed by atoms with Crippen molar-refractivity contribution in [1.82, 2.24) is 0 Å². The van der Waals surface area contributed by atoms with Crippen LogP contribution in [0.2, 0.25) is 16.6 Å². The van der Waals surface area contributed by atoms with Crippen molar-refractivity contribution in [3.63, 3.8) is 0 Å². The topological polar surface area (TPSA) is 18.5 Å². The van der Waals surface area contributed by atoms with E-state index in [1.165, 1.54) is 11.1 Å². The summed E-state index contributed by atoms with van der Waals surface area (Å²) in [7, 11) is -1.91. The third-order valence-corrected chi connectivity index (χ3v) is 13.9. The Morgan fingerprint density at radius 3 is 1.63 bits per heavy atom. The molecule has 4 atom stereocenters. The molecule has 0 aromatic heterocycles. The van der Waals surface area contributed by atoms with Crippen molar-refractivity contribution in [3.05, 3.63) is 65.7 Å². The van der Waals surface area contributed by atoms with E-state index in [1.807, 2.05) is 0 Å². The summed E-state index contributed by atoms with van der Waals surface area (Å²) in [5, 5.41) is 0. The number of ether oxygens (including phenoxy) is 1. The molecule has 0 unspecified atom stereocenters. The first-order valence-corrected chi connectivity index (χ1v) is 13.9. The van der Waals surface area contributed by atoms with E-state index in [9.17, 15) is 0 Å². The Morgan fingerprint density at radius 1 is 0.700 bits per heavy atom. The normalized spacial score (nSPS) is 26.2. The number of fused-ring (bicyclic) bond motifs is 1. The fourth-order valence-corrected chi connectivity index (χ4v) is 11.9. The van der Waals surface area contributed by atoms with Crippen LogP contribution in [0.4, 0.5) is 0 Å². The van der Waals surface area contributed by atoms with Crippen LogP contribution >= 0.6 is 0 Å². The van der Waals surface area contributed by atoms with Gasteiger partial charge in [-0.25, -0.2) is 0 Å². The van der Waals surface area contributed by atoms with Crippen LogP contribution in [0.5, 0.6) is 5.75 Å². The molecule has 1 aliphatic carbocycles. The predicted molar refractivity (Wildman–Crippen MR) is 128 cm³/mol. The highest BCUT2D eigenvalue weighted by molar-refractivity contribution is 6.78. The second kappa shape index (κ2) is 8.51. The quantitative estimate of drug-likeness (QED) is 0.433. The van der Waals surface area contributed by atoms with E-state index in [0.29, 0.717) is 40.3 Å². The zero-order valence-electron chi connectivity index (χ0n) is 19.5. The number of hydrogen-bond donors (Lipinski definition) is 0. The summed E-state index contributed by atoms with van der Waals surface area (Å²) in [5.74, 6) is 3.49. The monoisotopic (exact) mass is 422 g/mol. The minimum Gasteiger partial charge on any atom is -0.543 e. The molecule has 0 spiro atoms. The van der Waals surface area contributed by atoms with Crippen LogP contribution in [-0.4, -0.2) is 21.5 Å². The lowest BCUT2D eigenvalue weighted by molar-refractivity contribution is 0.142. The Hall–Kier alpha value is -1.58. The lowest BCUT2D eigenvalue weighted by atomic mass is 9.54. The second-order valence-corrected chi connectivity index (χ2v) is 15.7. The molecule has 2 aromatic rings. The predicted octanol–water partition coefficient (Wildman–Crippen LogP) is 7.38. The molecule has 162 valence electrons.